The van der Waals surface area contributed by atoms with Crippen molar-refractivity contribution in [3.8, 4) is 6.07 Å². The molecule has 0 radical (unpaired) electrons. The van der Waals surface area contributed by atoms with Crippen molar-refractivity contribution in [3.05, 3.63) is 53.0 Å². The van der Waals surface area contributed by atoms with E-state index in [1.54, 1.807) is 23.6 Å². The Bertz CT molecular complexity index is 1310. The van der Waals surface area contributed by atoms with Crippen LogP contribution in [0.5, 0.6) is 0 Å². The molecule has 2 heterocycles. The molecule has 0 bridgehead atoms. The van der Waals surface area contributed by atoms with E-state index < -0.39 is 10.0 Å². The van der Waals surface area contributed by atoms with Crippen LogP contribution in [0, 0.1) is 25.2 Å². The summed E-state index contributed by atoms with van der Waals surface area (Å²) in [5.74, 6) is -0.213. The van der Waals surface area contributed by atoms with Gasteiger partial charge in [0.05, 0.1) is 17.7 Å². The predicted molar refractivity (Wildman–Crippen MR) is 122 cm³/mol. The third-order valence-electron chi connectivity index (χ3n) is 5.15. The van der Waals surface area contributed by atoms with E-state index in [9.17, 15) is 18.5 Å². The van der Waals surface area contributed by atoms with Gasteiger partial charge in [-0.2, -0.15) is 10.4 Å². The van der Waals surface area contributed by atoms with Crippen molar-refractivity contribution in [1.82, 2.24) is 19.3 Å². The van der Waals surface area contributed by atoms with Crippen LogP contribution >= 0.6 is 0 Å². The van der Waals surface area contributed by atoms with Crippen molar-refractivity contribution in [2.75, 3.05) is 19.0 Å². The summed E-state index contributed by atoms with van der Waals surface area (Å²) < 4.78 is 33.9. The summed E-state index contributed by atoms with van der Waals surface area (Å²) >= 11 is 0. The summed E-state index contributed by atoms with van der Waals surface area (Å²) in [5.41, 5.74) is 3.87. The van der Waals surface area contributed by atoms with E-state index in [1.807, 2.05) is 13.8 Å². The average Bonchev–Trinajstić information content (AvgIpc) is 3.16. The minimum atomic E-state index is -3.68. The van der Waals surface area contributed by atoms with Crippen molar-refractivity contribution < 1.29 is 17.9 Å². The monoisotopic (exact) mass is 470 g/mol. The maximum Gasteiger partial charge on any atom is 0.240 e. The largest absolute Gasteiger partial charge is 0.383 e. The van der Waals surface area contributed by atoms with Crippen LogP contribution in [0.15, 0.2) is 35.4 Å². The Morgan fingerprint density at radius 1 is 1.27 bits per heavy atom. The topological polar surface area (TPSA) is 138 Å². The van der Waals surface area contributed by atoms with E-state index in [4.69, 9.17) is 4.74 Å². The zero-order chi connectivity index (χ0) is 24.2. The van der Waals surface area contributed by atoms with Gasteiger partial charge in [0.25, 0.3) is 0 Å². The van der Waals surface area contributed by atoms with E-state index in [0.717, 1.165) is 17.0 Å². The molecule has 11 heteroatoms. The summed E-state index contributed by atoms with van der Waals surface area (Å²) in [6.07, 6.45) is 2.13. The Hall–Kier alpha value is -3.33. The fraction of sp³-hybridized carbons (Fsp3) is 0.364. The quantitative estimate of drug-likeness (QED) is 0.488. The lowest BCUT2D eigenvalue weighted by molar-refractivity contribution is -0.116. The average molecular weight is 471 g/mol. The number of methoxy groups -OCH3 is 1. The van der Waals surface area contributed by atoms with Crippen LogP contribution in [0.25, 0.3) is 5.65 Å². The Balaban J connectivity index is 1.64. The third-order valence-corrected chi connectivity index (χ3v) is 6.76. The van der Waals surface area contributed by atoms with Crippen molar-refractivity contribution in [3.63, 3.8) is 0 Å². The number of aromatic nitrogens is 3. The van der Waals surface area contributed by atoms with Gasteiger partial charge in [-0.1, -0.05) is 0 Å². The number of amides is 1. The van der Waals surface area contributed by atoms with Gasteiger partial charge in [-0.3, -0.25) is 4.79 Å². The van der Waals surface area contributed by atoms with Gasteiger partial charge in [0.2, 0.25) is 15.9 Å². The second-order valence-electron chi connectivity index (χ2n) is 7.72. The van der Waals surface area contributed by atoms with Crippen molar-refractivity contribution in [1.29, 1.82) is 5.26 Å². The molecule has 0 spiro atoms. The number of aryl methyl sites for hydroxylation is 2. The molecular weight excluding hydrogens is 444 g/mol. The van der Waals surface area contributed by atoms with Gasteiger partial charge >= 0.3 is 0 Å². The fourth-order valence-corrected chi connectivity index (χ4v) is 4.78. The van der Waals surface area contributed by atoms with Gasteiger partial charge in [-0.15, -0.1) is 0 Å². The Kier molecular flexibility index (Phi) is 7.43. The number of hydrogen-bond donors (Lipinski definition) is 2. The number of carbonyl (C=O) groups is 1. The second kappa shape index (κ2) is 10.1. The van der Waals surface area contributed by atoms with Crippen LogP contribution < -0.4 is 10.0 Å². The van der Waals surface area contributed by atoms with Crippen LogP contribution in [0.4, 0.5) is 5.69 Å². The number of benzene rings is 1. The van der Waals surface area contributed by atoms with Gasteiger partial charge in [-0.05, 0) is 57.0 Å². The number of ether oxygens (including phenoxy) is 1. The van der Waals surface area contributed by atoms with Gasteiger partial charge in [0, 0.05) is 36.6 Å². The molecule has 1 aromatic carbocycles. The van der Waals surface area contributed by atoms with Gasteiger partial charge in [0.1, 0.15) is 11.6 Å². The number of rotatable bonds is 9. The molecule has 1 unspecified atom stereocenters. The first-order valence-electron chi connectivity index (χ1n) is 10.3. The number of hydrogen-bond acceptors (Lipinski definition) is 7. The molecule has 3 aromatic rings. The molecule has 33 heavy (non-hydrogen) atoms. The number of sulfonamides is 1. The molecule has 3 rings (SSSR count). The fourth-order valence-electron chi connectivity index (χ4n) is 3.55. The maximum absolute atomic E-state index is 12.5. The number of anilines is 1. The number of nitrogens with one attached hydrogen (secondary N) is 2. The number of fused-ring (bicyclic) bond motifs is 1. The molecule has 10 nitrogen and oxygen atoms in total. The smallest absolute Gasteiger partial charge is 0.240 e. The number of nitriles is 1. The van der Waals surface area contributed by atoms with Crippen LogP contribution in [-0.2, 0) is 26.0 Å². The van der Waals surface area contributed by atoms with Crippen LogP contribution in [0.2, 0.25) is 0 Å². The highest BCUT2D eigenvalue weighted by Crippen LogP contribution is 2.19. The number of carbonyl (C=O) groups excluding carboxylic acids is 1. The summed E-state index contributed by atoms with van der Waals surface area (Å²) in [4.78, 5) is 17.1. The summed E-state index contributed by atoms with van der Waals surface area (Å²) in [5, 5.41) is 16.2. The van der Waals surface area contributed by atoms with E-state index in [1.165, 1.54) is 25.4 Å². The van der Waals surface area contributed by atoms with Gasteiger partial charge < -0.3 is 10.1 Å². The van der Waals surface area contributed by atoms with E-state index in [0.29, 0.717) is 23.3 Å². The molecule has 0 aliphatic carbocycles. The molecule has 0 saturated heterocycles. The lowest BCUT2D eigenvalue weighted by atomic mass is 10.1. The van der Waals surface area contributed by atoms with E-state index >= 15 is 0 Å². The van der Waals surface area contributed by atoms with Crippen LogP contribution in [0.3, 0.4) is 0 Å². The van der Waals surface area contributed by atoms with E-state index in [-0.39, 0.29) is 29.9 Å². The second-order valence-corrected chi connectivity index (χ2v) is 9.43. The standard InChI is InChI=1S/C22H26N6O4S/c1-14(13-32-4)27-33(30,31)19-7-5-18(6-8-19)26-21(29)10-9-20-15(2)25-22-17(11-23)12-24-28(22)16(20)3/h5-8,12,14,27H,9-10,13H2,1-4H3,(H,26,29). The molecule has 2 aromatic heterocycles. The highest BCUT2D eigenvalue weighted by atomic mass is 32.2. The summed E-state index contributed by atoms with van der Waals surface area (Å²) in [7, 11) is -2.18. The minimum Gasteiger partial charge on any atom is -0.383 e. The van der Waals surface area contributed by atoms with E-state index in [2.05, 4.69) is 26.2 Å². The highest BCUT2D eigenvalue weighted by Gasteiger charge is 2.18. The molecule has 174 valence electrons. The van der Waals surface area contributed by atoms with Crippen LogP contribution in [0.1, 0.15) is 35.9 Å². The summed E-state index contributed by atoms with van der Waals surface area (Å²) in [6, 6.07) is 7.67. The van der Waals surface area contributed by atoms with Gasteiger partial charge in [0.15, 0.2) is 5.65 Å². The zero-order valence-corrected chi connectivity index (χ0v) is 19.7. The summed E-state index contributed by atoms with van der Waals surface area (Å²) in [6.45, 7) is 5.69. The first-order valence-corrected chi connectivity index (χ1v) is 11.8. The highest BCUT2D eigenvalue weighted by molar-refractivity contribution is 7.89. The molecule has 0 fully saturated rings. The first kappa shape index (κ1) is 24.3. The Morgan fingerprint density at radius 3 is 2.61 bits per heavy atom. The lowest BCUT2D eigenvalue weighted by Gasteiger charge is -2.14. The Morgan fingerprint density at radius 2 is 1.97 bits per heavy atom. The molecule has 1 atom stereocenters. The Labute approximate surface area is 192 Å². The third kappa shape index (κ3) is 5.54. The zero-order valence-electron chi connectivity index (χ0n) is 18.9. The normalized spacial score (nSPS) is 12.5. The molecule has 0 saturated carbocycles. The molecule has 0 aliphatic rings. The SMILES string of the molecule is COCC(C)NS(=O)(=O)c1ccc(NC(=O)CCc2c(C)nc3c(C#N)cnn3c2C)cc1. The number of nitrogens with zero attached hydrogens (tertiary/aromatic N) is 4. The minimum absolute atomic E-state index is 0.102. The van der Waals surface area contributed by atoms with Crippen LogP contribution in [-0.4, -0.2) is 48.7 Å². The molecular formula is C22H26N6O4S. The first-order chi connectivity index (χ1) is 15.7. The molecule has 0 aliphatic heterocycles. The maximum atomic E-state index is 12.5. The van der Waals surface area contributed by atoms with Crippen molar-refractivity contribution in [2.24, 2.45) is 0 Å². The van der Waals surface area contributed by atoms with Crippen molar-refractivity contribution >= 4 is 27.3 Å². The van der Waals surface area contributed by atoms with Gasteiger partial charge in [-0.25, -0.2) is 22.6 Å². The molecule has 2 N–H and O–H groups in total. The molecule has 1 amide bonds. The lowest BCUT2D eigenvalue weighted by Crippen LogP contribution is -2.35. The predicted octanol–water partition coefficient (Wildman–Crippen LogP) is 2.10. The van der Waals surface area contributed by atoms with Crippen molar-refractivity contribution in [2.45, 2.75) is 44.6 Å².